The lowest BCUT2D eigenvalue weighted by Crippen LogP contribution is -2.50. The molecule has 1 aromatic carbocycles. The van der Waals surface area contributed by atoms with Gasteiger partial charge in [0.2, 0.25) is 0 Å². The molecule has 110 valence electrons. The first kappa shape index (κ1) is 13.9. The molecule has 1 aliphatic carbocycles. The van der Waals surface area contributed by atoms with E-state index in [0.717, 1.165) is 12.3 Å². The molecule has 0 saturated carbocycles. The molecular weight excluding hydrogens is 248 g/mol. The molecule has 0 amide bonds. The van der Waals surface area contributed by atoms with Crippen LogP contribution in [0.3, 0.4) is 0 Å². The largest absolute Gasteiger partial charge is 0.497 e. The summed E-state index contributed by atoms with van der Waals surface area (Å²) in [5, 5.41) is 0. The Hall–Kier alpha value is -1.06. The van der Waals surface area contributed by atoms with Gasteiger partial charge in [-0.2, -0.15) is 0 Å². The van der Waals surface area contributed by atoms with E-state index in [1.54, 1.807) is 7.11 Å². The van der Waals surface area contributed by atoms with Gasteiger partial charge in [0.1, 0.15) is 5.75 Å². The minimum atomic E-state index is 0.531. The molecule has 20 heavy (non-hydrogen) atoms. The zero-order chi connectivity index (χ0) is 14.1. The molecule has 1 heterocycles. The average molecular weight is 274 g/mol. The Morgan fingerprint density at radius 1 is 1.30 bits per heavy atom. The number of hydrogen-bond acceptors (Lipinski definition) is 3. The van der Waals surface area contributed by atoms with Crippen molar-refractivity contribution < 1.29 is 4.74 Å². The lowest BCUT2D eigenvalue weighted by Gasteiger charge is -2.44. The maximum Gasteiger partial charge on any atom is 0.119 e. The van der Waals surface area contributed by atoms with Crippen LogP contribution in [0.15, 0.2) is 18.2 Å². The van der Waals surface area contributed by atoms with Crippen LogP contribution >= 0.6 is 0 Å². The van der Waals surface area contributed by atoms with Crippen molar-refractivity contribution in [2.45, 2.75) is 57.2 Å². The SMILES string of the molecule is COc1ccc2c(c1)C(N1C(C)CCCC1CN)CC2. The Morgan fingerprint density at radius 2 is 2.15 bits per heavy atom. The summed E-state index contributed by atoms with van der Waals surface area (Å²) in [6.45, 7) is 3.14. The number of rotatable bonds is 3. The van der Waals surface area contributed by atoms with Crippen LogP contribution in [0.25, 0.3) is 0 Å². The molecule has 0 radical (unpaired) electrons. The third-order valence-electron chi connectivity index (χ3n) is 5.12. The molecule has 0 aromatic heterocycles. The van der Waals surface area contributed by atoms with Crippen molar-refractivity contribution in [2.24, 2.45) is 5.73 Å². The Bertz CT molecular complexity index is 474. The maximum absolute atomic E-state index is 6.03. The zero-order valence-corrected chi connectivity index (χ0v) is 12.6. The number of hydrogen-bond donors (Lipinski definition) is 1. The maximum atomic E-state index is 6.03. The van der Waals surface area contributed by atoms with Crippen molar-refractivity contribution in [3.05, 3.63) is 29.3 Å². The topological polar surface area (TPSA) is 38.5 Å². The van der Waals surface area contributed by atoms with E-state index in [1.165, 1.54) is 43.2 Å². The fraction of sp³-hybridized carbons (Fsp3) is 0.647. The number of methoxy groups -OCH3 is 1. The lowest BCUT2D eigenvalue weighted by atomic mass is 9.92. The smallest absolute Gasteiger partial charge is 0.119 e. The number of piperidine rings is 1. The monoisotopic (exact) mass is 274 g/mol. The molecule has 1 aliphatic heterocycles. The van der Waals surface area contributed by atoms with Crippen molar-refractivity contribution in [3.8, 4) is 5.75 Å². The Balaban J connectivity index is 1.92. The van der Waals surface area contributed by atoms with Crippen molar-refractivity contribution in [1.29, 1.82) is 0 Å². The van der Waals surface area contributed by atoms with Crippen LogP contribution in [0, 0.1) is 0 Å². The van der Waals surface area contributed by atoms with Gasteiger partial charge in [0, 0.05) is 24.7 Å². The van der Waals surface area contributed by atoms with Crippen LogP contribution in [0.2, 0.25) is 0 Å². The number of nitrogens with two attached hydrogens (primary N) is 1. The van der Waals surface area contributed by atoms with Crippen molar-refractivity contribution in [1.82, 2.24) is 4.90 Å². The molecule has 3 rings (SSSR count). The second-order valence-electron chi connectivity index (χ2n) is 6.24. The number of benzene rings is 1. The highest BCUT2D eigenvalue weighted by atomic mass is 16.5. The highest BCUT2D eigenvalue weighted by Gasteiger charge is 2.36. The molecule has 1 saturated heterocycles. The third-order valence-corrected chi connectivity index (χ3v) is 5.12. The first-order valence-corrected chi connectivity index (χ1v) is 7.89. The predicted octanol–water partition coefficient (Wildman–Crippen LogP) is 2.88. The van der Waals surface area contributed by atoms with Crippen LogP contribution in [0.1, 0.15) is 49.8 Å². The highest BCUT2D eigenvalue weighted by Crippen LogP contribution is 2.42. The van der Waals surface area contributed by atoms with Gasteiger partial charge in [0.25, 0.3) is 0 Å². The molecule has 0 bridgehead atoms. The first-order chi connectivity index (χ1) is 9.74. The summed E-state index contributed by atoms with van der Waals surface area (Å²) in [6.07, 6.45) is 6.27. The zero-order valence-electron chi connectivity index (χ0n) is 12.6. The number of likely N-dealkylation sites (tertiary alicyclic amines) is 1. The highest BCUT2D eigenvalue weighted by molar-refractivity contribution is 5.41. The van der Waals surface area contributed by atoms with E-state index in [4.69, 9.17) is 10.5 Å². The van der Waals surface area contributed by atoms with Crippen molar-refractivity contribution >= 4 is 0 Å². The lowest BCUT2D eigenvalue weighted by molar-refractivity contribution is 0.0497. The number of fused-ring (bicyclic) bond motifs is 1. The van der Waals surface area contributed by atoms with E-state index in [9.17, 15) is 0 Å². The van der Waals surface area contributed by atoms with Gasteiger partial charge in [-0.1, -0.05) is 12.5 Å². The number of nitrogens with zero attached hydrogens (tertiary/aromatic N) is 1. The van der Waals surface area contributed by atoms with Gasteiger partial charge in [-0.05, 0) is 55.9 Å². The van der Waals surface area contributed by atoms with Gasteiger partial charge in [-0.15, -0.1) is 0 Å². The molecule has 2 N–H and O–H groups in total. The summed E-state index contributed by atoms with van der Waals surface area (Å²) in [6, 6.07) is 8.27. The molecular formula is C17H26N2O. The van der Waals surface area contributed by atoms with E-state index in [2.05, 4.69) is 30.0 Å². The minimum Gasteiger partial charge on any atom is -0.497 e. The predicted molar refractivity (Wildman–Crippen MR) is 82.1 cm³/mol. The molecule has 3 atom stereocenters. The summed E-state index contributed by atoms with van der Waals surface area (Å²) in [5.74, 6) is 0.976. The molecule has 3 unspecified atom stereocenters. The van der Waals surface area contributed by atoms with Gasteiger partial charge in [-0.3, -0.25) is 4.90 Å². The van der Waals surface area contributed by atoms with Gasteiger partial charge >= 0.3 is 0 Å². The van der Waals surface area contributed by atoms with Crippen molar-refractivity contribution in [3.63, 3.8) is 0 Å². The van der Waals surface area contributed by atoms with Crippen molar-refractivity contribution in [2.75, 3.05) is 13.7 Å². The number of ether oxygens (including phenoxy) is 1. The van der Waals surface area contributed by atoms with Crippen LogP contribution in [0.5, 0.6) is 5.75 Å². The third kappa shape index (κ3) is 2.33. The van der Waals surface area contributed by atoms with Gasteiger partial charge < -0.3 is 10.5 Å². The average Bonchev–Trinajstić information content (AvgIpc) is 2.89. The standard InChI is InChI=1S/C17H26N2O/c1-12-4-3-5-14(11-18)19(12)17-9-7-13-6-8-15(20-2)10-16(13)17/h6,8,10,12,14,17H,3-5,7,9,11,18H2,1-2H3. The normalized spacial score (nSPS) is 30.2. The quantitative estimate of drug-likeness (QED) is 0.921. The van der Waals surface area contributed by atoms with Crippen LogP contribution in [0.4, 0.5) is 0 Å². The first-order valence-electron chi connectivity index (χ1n) is 7.89. The fourth-order valence-corrected chi connectivity index (χ4v) is 4.10. The molecule has 0 spiro atoms. The van der Waals surface area contributed by atoms with Crippen LogP contribution < -0.4 is 10.5 Å². The Kier molecular flexibility index (Phi) is 3.99. The van der Waals surface area contributed by atoms with Gasteiger partial charge in [0.15, 0.2) is 0 Å². The van der Waals surface area contributed by atoms with E-state index in [-0.39, 0.29) is 0 Å². The molecule has 1 fully saturated rings. The van der Waals surface area contributed by atoms with Crippen LogP contribution in [-0.4, -0.2) is 30.6 Å². The summed E-state index contributed by atoms with van der Waals surface area (Å²) < 4.78 is 5.41. The molecule has 3 heteroatoms. The molecule has 1 aromatic rings. The summed E-state index contributed by atoms with van der Waals surface area (Å²) in [7, 11) is 1.75. The second kappa shape index (κ2) is 5.74. The Morgan fingerprint density at radius 3 is 2.90 bits per heavy atom. The minimum absolute atomic E-state index is 0.531. The van der Waals surface area contributed by atoms with Gasteiger partial charge in [0.05, 0.1) is 7.11 Å². The van der Waals surface area contributed by atoms with E-state index >= 15 is 0 Å². The Labute approximate surface area is 122 Å². The van der Waals surface area contributed by atoms with Crippen LogP contribution in [-0.2, 0) is 6.42 Å². The molecule has 2 aliphatic rings. The van der Waals surface area contributed by atoms with E-state index in [1.807, 2.05) is 0 Å². The number of aryl methyl sites for hydroxylation is 1. The summed E-state index contributed by atoms with van der Waals surface area (Å²) >= 11 is 0. The summed E-state index contributed by atoms with van der Waals surface area (Å²) in [4.78, 5) is 2.69. The fourth-order valence-electron chi connectivity index (χ4n) is 4.10. The molecule has 3 nitrogen and oxygen atoms in total. The second-order valence-corrected chi connectivity index (χ2v) is 6.24. The van der Waals surface area contributed by atoms with E-state index in [0.29, 0.717) is 18.1 Å². The summed E-state index contributed by atoms with van der Waals surface area (Å²) in [5.41, 5.74) is 8.99. The van der Waals surface area contributed by atoms with Gasteiger partial charge in [-0.25, -0.2) is 0 Å². The van der Waals surface area contributed by atoms with E-state index < -0.39 is 0 Å².